The van der Waals surface area contributed by atoms with E-state index in [0.717, 1.165) is 10.4 Å². The maximum absolute atomic E-state index is 13.6. The molecule has 0 aliphatic carbocycles. The first-order valence-corrected chi connectivity index (χ1v) is 7.97. The molecule has 0 saturated carbocycles. The van der Waals surface area contributed by atoms with Crippen molar-refractivity contribution in [2.24, 2.45) is 0 Å². The number of benzene rings is 1. The van der Waals surface area contributed by atoms with Crippen molar-refractivity contribution in [1.82, 2.24) is 4.31 Å². The molecule has 5 nitrogen and oxygen atoms in total. The lowest BCUT2D eigenvalue weighted by molar-refractivity contribution is -0.140. The zero-order chi connectivity index (χ0) is 14.9. The first-order valence-electron chi connectivity index (χ1n) is 5.98. The largest absolute Gasteiger partial charge is 0.480 e. The summed E-state index contributed by atoms with van der Waals surface area (Å²) in [5.41, 5.74) is -0.134. The van der Waals surface area contributed by atoms with Crippen LogP contribution >= 0.6 is 11.6 Å². The monoisotopic (exact) mass is 321 g/mol. The number of nitrogens with zero attached hydrogens (tertiary/aromatic N) is 1. The summed E-state index contributed by atoms with van der Waals surface area (Å²) in [7, 11) is -3.92. The van der Waals surface area contributed by atoms with E-state index < -0.39 is 33.6 Å². The van der Waals surface area contributed by atoms with Crippen LogP contribution < -0.4 is 0 Å². The fraction of sp³-hybridized carbons (Fsp3) is 0.417. The fourth-order valence-electron chi connectivity index (χ4n) is 2.26. The Labute approximate surface area is 121 Å². The second-order valence-corrected chi connectivity index (χ2v) is 6.89. The maximum Gasteiger partial charge on any atom is 0.322 e. The molecule has 1 N–H and O–H groups in total. The molecular weight excluding hydrogens is 309 g/mol. The summed E-state index contributed by atoms with van der Waals surface area (Å²) in [6.07, 6.45) is 0.737. The number of aliphatic carboxylic acids is 1. The maximum atomic E-state index is 13.6. The molecule has 8 heteroatoms. The predicted molar refractivity (Wildman–Crippen MR) is 71.4 cm³/mol. The molecule has 0 spiro atoms. The summed E-state index contributed by atoms with van der Waals surface area (Å²) >= 11 is 5.80. The lowest BCUT2D eigenvalue weighted by atomic mass is 10.2. The number of sulfonamides is 1. The SMILES string of the molecule is O=C(O)[C@@H]1CCCN1S(=O)(=O)Cc1c(F)cccc1Cl. The first-order chi connectivity index (χ1) is 9.33. The van der Waals surface area contributed by atoms with Gasteiger partial charge in [-0.2, -0.15) is 4.31 Å². The van der Waals surface area contributed by atoms with E-state index in [2.05, 4.69) is 0 Å². The molecule has 0 aromatic heterocycles. The third-order valence-corrected chi connectivity index (χ3v) is 5.39. The highest BCUT2D eigenvalue weighted by atomic mass is 35.5. The second kappa shape index (κ2) is 5.67. The number of rotatable bonds is 4. The van der Waals surface area contributed by atoms with Crippen molar-refractivity contribution in [3.63, 3.8) is 0 Å². The van der Waals surface area contributed by atoms with E-state index in [1.54, 1.807) is 0 Å². The van der Waals surface area contributed by atoms with Gasteiger partial charge in [0.1, 0.15) is 11.9 Å². The van der Waals surface area contributed by atoms with Crippen molar-refractivity contribution < 1.29 is 22.7 Å². The number of hydrogen-bond donors (Lipinski definition) is 1. The smallest absolute Gasteiger partial charge is 0.322 e. The van der Waals surface area contributed by atoms with E-state index in [1.807, 2.05) is 0 Å². The minimum Gasteiger partial charge on any atom is -0.480 e. The minimum absolute atomic E-state index is 0.0136. The molecule has 1 saturated heterocycles. The van der Waals surface area contributed by atoms with Crippen LogP contribution in [0.25, 0.3) is 0 Å². The molecule has 1 atom stereocenters. The van der Waals surface area contributed by atoms with Gasteiger partial charge in [-0.25, -0.2) is 12.8 Å². The third-order valence-electron chi connectivity index (χ3n) is 3.23. The van der Waals surface area contributed by atoms with E-state index in [-0.39, 0.29) is 23.6 Å². The molecule has 0 amide bonds. The van der Waals surface area contributed by atoms with Gasteiger partial charge in [0, 0.05) is 17.1 Å². The lowest BCUT2D eigenvalue weighted by Crippen LogP contribution is -2.41. The molecular formula is C12H13ClFNO4S. The molecule has 0 bridgehead atoms. The molecule has 1 aromatic rings. The van der Waals surface area contributed by atoms with Gasteiger partial charge in [0.15, 0.2) is 0 Å². The van der Waals surface area contributed by atoms with Crippen LogP contribution in [0.5, 0.6) is 0 Å². The van der Waals surface area contributed by atoms with Crippen molar-refractivity contribution in [3.05, 3.63) is 34.6 Å². The van der Waals surface area contributed by atoms with E-state index in [0.29, 0.717) is 6.42 Å². The topological polar surface area (TPSA) is 74.7 Å². The number of carbonyl (C=O) groups is 1. The van der Waals surface area contributed by atoms with Gasteiger partial charge in [-0.15, -0.1) is 0 Å². The summed E-state index contributed by atoms with van der Waals surface area (Å²) in [5.74, 6) is -2.54. The van der Waals surface area contributed by atoms with Crippen molar-refractivity contribution in [1.29, 1.82) is 0 Å². The van der Waals surface area contributed by atoms with Crippen LogP contribution in [-0.2, 0) is 20.6 Å². The standard InChI is InChI=1S/C12H13ClFNO4S/c13-9-3-1-4-10(14)8(9)7-20(18,19)15-6-2-5-11(15)12(16)17/h1,3-4,11H,2,5-7H2,(H,16,17)/t11-/m0/s1. The summed E-state index contributed by atoms with van der Waals surface area (Å²) in [6, 6.07) is 2.82. The molecule has 110 valence electrons. The molecule has 20 heavy (non-hydrogen) atoms. The van der Waals surface area contributed by atoms with Gasteiger partial charge < -0.3 is 5.11 Å². The van der Waals surface area contributed by atoms with Crippen LogP contribution in [0.3, 0.4) is 0 Å². The van der Waals surface area contributed by atoms with Gasteiger partial charge in [-0.3, -0.25) is 4.79 Å². The Kier molecular flexibility index (Phi) is 4.31. The normalized spacial score (nSPS) is 20.2. The minimum atomic E-state index is -3.92. The van der Waals surface area contributed by atoms with E-state index >= 15 is 0 Å². The fourth-order valence-corrected chi connectivity index (χ4v) is 4.38. The van der Waals surface area contributed by atoms with Crippen molar-refractivity contribution in [2.45, 2.75) is 24.6 Å². The van der Waals surface area contributed by atoms with Crippen molar-refractivity contribution in [2.75, 3.05) is 6.54 Å². The van der Waals surface area contributed by atoms with Gasteiger partial charge in [0.05, 0.1) is 5.75 Å². The lowest BCUT2D eigenvalue weighted by Gasteiger charge is -2.21. The van der Waals surface area contributed by atoms with Crippen LogP contribution in [0.2, 0.25) is 5.02 Å². The molecule has 1 aliphatic heterocycles. The molecule has 1 fully saturated rings. The Morgan fingerprint density at radius 2 is 2.20 bits per heavy atom. The molecule has 1 aliphatic rings. The molecule has 1 heterocycles. The highest BCUT2D eigenvalue weighted by Gasteiger charge is 2.39. The van der Waals surface area contributed by atoms with Crippen LogP contribution in [-0.4, -0.2) is 36.4 Å². The number of halogens is 2. The number of hydrogen-bond acceptors (Lipinski definition) is 3. The zero-order valence-electron chi connectivity index (χ0n) is 10.4. The highest BCUT2D eigenvalue weighted by molar-refractivity contribution is 7.88. The van der Waals surface area contributed by atoms with Gasteiger partial charge >= 0.3 is 5.97 Å². The average Bonchev–Trinajstić information content (AvgIpc) is 2.84. The van der Waals surface area contributed by atoms with Crippen LogP contribution in [0.4, 0.5) is 4.39 Å². The summed E-state index contributed by atoms with van der Waals surface area (Å²) in [4.78, 5) is 11.0. The predicted octanol–water partition coefficient (Wildman–Crippen LogP) is 1.86. The summed E-state index contributed by atoms with van der Waals surface area (Å²) in [6.45, 7) is 0.130. The van der Waals surface area contributed by atoms with Crippen LogP contribution in [0, 0.1) is 5.82 Å². The van der Waals surface area contributed by atoms with E-state index in [1.165, 1.54) is 12.1 Å². The second-order valence-electron chi connectivity index (χ2n) is 4.56. The first kappa shape index (κ1) is 15.2. The van der Waals surface area contributed by atoms with E-state index in [9.17, 15) is 17.6 Å². The van der Waals surface area contributed by atoms with Gasteiger partial charge in [0.2, 0.25) is 10.0 Å². The van der Waals surface area contributed by atoms with Gasteiger partial charge in [0.25, 0.3) is 0 Å². The summed E-state index contributed by atoms with van der Waals surface area (Å²) < 4.78 is 39.1. The van der Waals surface area contributed by atoms with Gasteiger partial charge in [-0.1, -0.05) is 17.7 Å². The Bertz CT molecular complexity index is 614. The van der Waals surface area contributed by atoms with Crippen LogP contribution in [0.1, 0.15) is 18.4 Å². The van der Waals surface area contributed by atoms with Gasteiger partial charge in [-0.05, 0) is 25.0 Å². The molecule has 2 rings (SSSR count). The Balaban J connectivity index is 2.30. The zero-order valence-corrected chi connectivity index (χ0v) is 12.0. The Morgan fingerprint density at radius 3 is 2.80 bits per heavy atom. The molecule has 0 unspecified atom stereocenters. The van der Waals surface area contributed by atoms with E-state index in [4.69, 9.17) is 16.7 Å². The summed E-state index contributed by atoms with van der Waals surface area (Å²) in [5, 5.41) is 9.03. The Morgan fingerprint density at radius 1 is 1.50 bits per heavy atom. The van der Waals surface area contributed by atoms with Crippen molar-refractivity contribution >= 4 is 27.6 Å². The molecule has 0 radical (unpaired) electrons. The molecule has 1 aromatic carbocycles. The third kappa shape index (κ3) is 2.94. The van der Waals surface area contributed by atoms with Crippen LogP contribution in [0.15, 0.2) is 18.2 Å². The average molecular weight is 322 g/mol. The number of carboxylic acid groups (broad SMARTS) is 1. The highest BCUT2D eigenvalue weighted by Crippen LogP contribution is 2.27. The number of carboxylic acids is 1. The van der Waals surface area contributed by atoms with Crippen molar-refractivity contribution in [3.8, 4) is 0 Å². The quantitative estimate of drug-likeness (QED) is 0.918. The Hall–Kier alpha value is -1.18.